The molecule has 1 N–H and O–H groups in total. The molecule has 1 aliphatic heterocycles. The molecule has 1 aromatic carbocycles. The van der Waals surface area contributed by atoms with E-state index in [1.165, 1.54) is 6.21 Å². The van der Waals surface area contributed by atoms with Crippen LogP contribution in [0.15, 0.2) is 24.3 Å². The van der Waals surface area contributed by atoms with Crippen molar-refractivity contribution in [1.29, 1.82) is 10.7 Å². The molecule has 1 saturated heterocycles. The van der Waals surface area contributed by atoms with Crippen LogP contribution in [0, 0.1) is 16.7 Å². The first kappa shape index (κ1) is 13.8. The number of allylic oxidation sites excluding steroid dienone is 1. The van der Waals surface area contributed by atoms with Crippen molar-refractivity contribution < 1.29 is 9.47 Å². The van der Waals surface area contributed by atoms with Crippen molar-refractivity contribution in [2.24, 2.45) is 0 Å². The van der Waals surface area contributed by atoms with E-state index in [2.05, 4.69) is 6.07 Å². The average Bonchev–Trinajstić information content (AvgIpc) is 3.25. The molecule has 0 radical (unpaired) electrons. The van der Waals surface area contributed by atoms with Crippen LogP contribution in [0.1, 0.15) is 36.8 Å². The van der Waals surface area contributed by atoms with Crippen molar-refractivity contribution in [1.82, 2.24) is 0 Å². The van der Waals surface area contributed by atoms with Crippen LogP contribution >= 0.6 is 0 Å². The SMILES string of the molecule is N#Cc1cc(/C=C/C=N)ccc1OC1CCOC2(CC2)C1. The van der Waals surface area contributed by atoms with E-state index in [0.717, 1.165) is 37.9 Å². The third kappa shape index (κ3) is 3.14. The summed E-state index contributed by atoms with van der Waals surface area (Å²) in [7, 11) is 0. The molecule has 21 heavy (non-hydrogen) atoms. The summed E-state index contributed by atoms with van der Waals surface area (Å²) < 4.78 is 11.8. The number of nitrogens with one attached hydrogen (secondary N) is 1. The minimum absolute atomic E-state index is 0.0718. The Balaban J connectivity index is 1.74. The number of benzene rings is 1. The molecular weight excluding hydrogens is 264 g/mol. The van der Waals surface area contributed by atoms with Crippen LogP contribution in [-0.4, -0.2) is 24.5 Å². The quantitative estimate of drug-likeness (QED) is 0.861. The van der Waals surface area contributed by atoms with Gasteiger partial charge in [0.2, 0.25) is 0 Å². The zero-order valence-electron chi connectivity index (χ0n) is 11.8. The van der Waals surface area contributed by atoms with E-state index in [1.54, 1.807) is 18.2 Å². The summed E-state index contributed by atoms with van der Waals surface area (Å²) in [6, 6.07) is 7.73. The lowest BCUT2D eigenvalue weighted by atomic mass is 10.0. The van der Waals surface area contributed by atoms with E-state index < -0.39 is 0 Å². The minimum Gasteiger partial charge on any atom is -0.489 e. The van der Waals surface area contributed by atoms with Gasteiger partial charge in [-0.05, 0) is 36.6 Å². The van der Waals surface area contributed by atoms with Crippen LogP contribution in [-0.2, 0) is 4.74 Å². The summed E-state index contributed by atoms with van der Waals surface area (Å²) in [6.45, 7) is 0.743. The van der Waals surface area contributed by atoms with Crippen LogP contribution in [0.5, 0.6) is 5.75 Å². The molecule has 1 spiro atoms. The smallest absolute Gasteiger partial charge is 0.137 e. The van der Waals surface area contributed by atoms with Gasteiger partial charge in [-0.15, -0.1) is 0 Å². The lowest BCUT2D eigenvalue weighted by Gasteiger charge is -2.30. The van der Waals surface area contributed by atoms with E-state index in [-0.39, 0.29) is 11.7 Å². The molecule has 0 bridgehead atoms. The van der Waals surface area contributed by atoms with Crippen LogP contribution in [0.2, 0.25) is 0 Å². The molecule has 1 unspecified atom stereocenters. The predicted octanol–water partition coefficient (Wildman–Crippen LogP) is 3.31. The Hall–Kier alpha value is -2.12. The van der Waals surface area contributed by atoms with Crippen molar-refractivity contribution in [3.8, 4) is 11.8 Å². The topological polar surface area (TPSA) is 66.1 Å². The summed E-state index contributed by atoms with van der Waals surface area (Å²) in [6.07, 6.45) is 8.84. The van der Waals surface area contributed by atoms with Crippen LogP contribution in [0.25, 0.3) is 6.08 Å². The zero-order chi connectivity index (χ0) is 14.7. The number of hydrogen-bond donors (Lipinski definition) is 1. The molecule has 1 saturated carbocycles. The molecule has 108 valence electrons. The fourth-order valence-corrected chi connectivity index (χ4v) is 2.75. The minimum atomic E-state index is 0.0718. The second kappa shape index (κ2) is 5.71. The van der Waals surface area contributed by atoms with Gasteiger partial charge in [0.05, 0.1) is 17.8 Å². The predicted molar refractivity (Wildman–Crippen MR) is 80.5 cm³/mol. The highest BCUT2D eigenvalue weighted by atomic mass is 16.5. The van der Waals surface area contributed by atoms with Gasteiger partial charge >= 0.3 is 0 Å². The molecular formula is C17H18N2O2. The summed E-state index contributed by atoms with van der Waals surface area (Å²) in [5.41, 5.74) is 1.51. The normalized spacial score (nSPS) is 22.9. The Morgan fingerprint density at radius 2 is 2.29 bits per heavy atom. The lowest BCUT2D eigenvalue weighted by molar-refractivity contribution is -0.0513. The Morgan fingerprint density at radius 1 is 1.43 bits per heavy atom. The lowest BCUT2D eigenvalue weighted by Crippen LogP contribution is -2.34. The van der Waals surface area contributed by atoms with Crippen LogP contribution in [0.3, 0.4) is 0 Å². The molecule has 1 atom stereocenters. The highest BCUT2D eigenvalue weighted by Gasteiger charge is 2.48. The van der Waals surface area contributed by atoms with Gasteiger partial charge in [0.1, 0.15) is 17.9 Å². The van der Waals surface area contributed by atoms with E-state index in [9.17, 15) is 5.26 Å². The van der Waals surface area contributed by atoms with Gasteiger partial charge in [0, 0.05) is 19.1 Å². The number of nitriles is 1. The Morgan fingerprint density at radius 3 is 3.00 bits per heavy atom. The van der Waals surface area contributed by atoms with E-state index in [4.69, 9.17) is 14.9 Å². The maximum absolute atomic E-state index is 9.29. The fraction of sp³-hybridized carbons (Fsp3) is 0.412. The molecule has 1 heterocycles. The molecule has 4 nitrogen and oxygen atoms in total. The van der Waals surface area contributed by atoms with Crippen LogP contribution in [0.4, 0.5) is 0 Å². The van der Waals surface area contributed by atoms with Gasteiger partial charge in [-0.3, -0.25) is 0 Å². The number of rotatable bonds is 4. The monoisotopic (exact) mass is 282 g/mol. The van der Waals surface area contributed by atoms with E-state index in [0.29, 0.717) is 11.3 Å². The van der Waals surface area contributed by atoms with Gasteiger partial charge in [0.15, 0.2) is 0 Å². The first-order valence-corrected chi connectivity index (χ1v) is 7.27. The number of hydrogen-bond acceptors (Lipinski definition) is 4. The Labute approximate surface area is 124 Å². The Bertz CT molecular complexity index is 612. The van der Waals surface area contributed by atoms with Crippen molar-refractivity contribution in [3.05, 3.63) is 35.4 Å². The third-order valence-corrected chi connectivity index (χ3v) is 4.06. The van der Waals surface area contributed by atoms with E-state index >= 15 is 0 Å². The highest BCUT2D eigenvalue weighted by Crippen LogP contribution is 2.47. The molecule has 1 aliphatic carbocycles. The zero-order valence-corrected chi connectivity index (χ0v) is 11.8. The molecule has 2 fully saturated rings. The van der Waals surface area contributed by atoms with Gasteiger partial charge < -0.3 is 14.9 Å². The average molecular weight is 282 g/mol. The second-order valence-corrected chi connectivity index (χ2v) is 5.66. The maximum atomic E-state index is 9.29. The van der Waals surface area contributed by atoms with Crippen molar-refractivity contribution >= 4 is 12.3 Å². The summed E-state index contributed by atoms with van der Waals surface area (Å²) in [4.78, 5) is 0. The van der Waals surface area contributed by atoms with Crippen molar-refractivity contribution in [2.45, 2.75) is 37.4 Å². The van der Waals surface area contributed by atoms with Gasteiger partial charge in [-0.2, -0.15) is 5.26 Å². The van der Waals surface area contributed by atoms with Gasteiger partial charge in [-0.25, -0.2) is 0 Å². The van der Waals surface area contributed by atoms with Crippen LogP contribution < -0.4 is 4.74 Å². The first-order chi connectivity index (χ1) is 10.2. The fourth-order valence-electron chi connectivity index (χ4n) is 2.75. The standard InChI is InChI=1S/C17H18N2O2/c18-8-1-2-13-3-4-16(14(10-13)12-19)21-15-5-9-20-17(11-15)6-7-17/h1-4,8,10,15,18H,5-7,9,11H2/b2-1+,18-8?. The Kier molecular flexibility index (Phi) is 3.76. The second-order valence-electron chi connectivity index (χ2n) is 5.66. The first-order valence-electron chi connectivity index (χ1n) is 7.27. The maximum Gasteiger partial charge on any atom is 0.137 e. The van der Waals surface area contributed by atoms with Crippen molar-refractivity contribution in [3.63, 3.8) is 0 Å². The van der Waals surface area contributed by atoms with Crippen molar-refractivity contribution in [2.75, 3.05) is 6.61 Å². The summed E-state index contributed by atoms with van der Waals surface area (Å²) in [5.74, 6) is 0.646. The summed E-state index contributed by atoms with van der Waals surface area (Å²) in [5, 5.41) is 16.3. The molecule has 3 rings (SSSR count). The number of nitrogens with zero attached hydrogens (tertiary/aromatic N) is 1. The molecule has 1 aromatic rings. The molecule has 0 aromatic heterocycles. The van der Waals surface area contributed by atoms with E-state index in [1.807, 2.05) is 12.1 Å². The van der Waals surface area contributed by atoms with Gasteiger partial charge in [-0.1, -0.05) is 12.1 Å². The molecule has 0 amide bonds. The largest absolute Gasteiger partial charge is 0.489 e. The summed E-state index contributed by atoms with van der Waals surface area (Å²) >= 11 is 0. The number of ether oxygens (including phenoxy) is 2. The highest BCUT2D eigenvalue weighted by molar-refractivity contribution is 5.76. The van der Waals surface area contributed by atoms with Gasteiger partial charge in [0.25, 0.3) is 0 Å². The third-order valence-electron chi connectivity index (χ3n) is 4.06. The molecule has 2 aliphatic rings. The molecule has 4 heteroatoms.